The van der Waals surface area contributed by atoms with E-state index in [1.807, 2.05) is 11.4 Å². The Morgan fingerprint density at radius 1 is 1.42 bits per heavy atom. The second-order valence-electron chi connectivity index (χ2n) is 2.10. The lowest BCUT2D eigenvalue weighted by Crippen LogP contribution is -1.86. The van der Waals surface area contributed by atoms with Crippen LogP contribution < -0.4 is 5.73 Å². The van der Waals surface area contributed by atoms with Crippen molar-refractivity contribution in [3.8, 4) is 10.6 Å². The maximum Gasteiger partial charge on any atom is 0.166 e. The van der Waals surface area contributed by atoms with Gasteiger partial charge >= 0.3 is 0 Å². The molecule has 0 radical (unpaired) electrons. The van der Waals surface area contributed by atoms with E-state index in [2.05, 4.69) is 24.7 Å². The zero-order valence-electron chi connectivity index (χ0n) is 5.82. The molecule has 3 nitrogen and oxygen atoms in total. The lowest BCUT2D eigenvalue weighted by Gasteiger charge is -1.91. The summed E-state index contributed by atoms with van der Waals surface area (Å²) < 4.78 is 9.03. The number of anilines is 1. The molecule has 0 saturated carbocycles. The Morgan fingerprint density at radius 3 is 2.75 bits per heavy atom. The van der Waals surface area contributed by atoms with E-state index < -0.39 is 0 Å². The molecule has 0 aliphatic carbocycles. The Balaban J connectivity index is 2.57. The smallest absolute Gasteiger partial charge is 0.166 e. The van der Waals surface area contributed by atoms with Crippen LogP contribution in [0.15, 0.2) is 15.9 Å². The third kappa shape index (κ3) is 1.26. The molecule has 0 aliphatic heterocycles. The SMILES string of the molecule is Nc1nsnc1-c1sccc1Br. The quantitative estimate of drug-likeness (QED) is 0.859. The van der Waals surface area contributed by atoms with Crippen LogP contribution in [0.5, 0.6) is 0 Å². The number of rotatable bonds is 1. The van der Waals surface area contributed by atoms with E-state index in [0.29, 0.717) is 5.82 Å². The highest BCUT2D eigenvalue weighted by atomic mass is 79.9. The Kier molecular flexibility index (Phi) is 2.12. The molecule has 0 aliphatic rings. The normalized spacial score (nSPS) is 10.4. The van der Waals surface area contributed by atoms with Crippen LogP contribution in [-0.4, -0.2) is 8.75 Å². The van der Waals surface area contributed by atoms with Crippen molar-refractivity contribution in [1.82, 2.24) is 8.75 Å². The van der Waals surface area contributed by atoms with Gasteiger partial charge in [-0.1, -0.05) is 0 Å². The molecule has 0 bridgehead atoms. The van der Waals surface area contributed by atoms with Gasteiger partial charge in [-0.2, -0.15) is 8.75 Å². The highest BCUT2D eigenvalue weighted by Gasteiger charge is 2.11. The second kappa shape index (κ2) is 3.12. The zero-order valence-corrected chi connectivity index (χ0v) is 9.04. The van der Waals surface area contributed by atoms with Gasteiger partial charge in [-0.25, -0.2) is 0 Å². The van der Waals surface area contributed by atoms with Gasteiger partial charge in [-0.05, 0) is 27.4 Å². The van der Waals surface area contributed by atoms with Gasteiger partial charge in [-0.3, -0.25) is 0 Å². The molecule has 0 unspecified atom stereocenters. The first-order valence-electron chi connectivity index (χ1n) is 3.10. The summed E-state index contributed by atoms with van der Waals surface area (Å²) in [6.07, 6.45) is 0. The molecule has 2 aromatic heterocycles. The topological polar surface area (TPSA) is 51.8 Å². The van der Waals surface area contributed by atoms with Crippen LogP contribution in [0.4, 0.5) is 5.82 Å². The van der Waals surface area contributed by atoms with Crippen molar-refractivity contribution in [3.63, 3.8) is 0 Å². The van der Waals surface area contributed by atoms with E-state index in [-0.39, 0.29) is 0 Å². The maximum atomic E-state index is 5.62. The molecule has 2 rings (SSSR count). The number of thiophene rings is 1. The highest BCUT2D eigenvalue weighted by Crippen LogP contribution is 2.35. The molecule has 0 saturated heterocycles. The number of nitrogens with zero attached hydrogens (tertiary/aromatic N) is 2. The number of nitrogens with two attached hydrogens (primary N) is 1. The molecule has 0 spiro atoms. The predicted molar refractivity (Wildman–Crippen MR) is 55.3 cm³/mol. The average molecular weight is 262 g/mol. The highest BCUT2D eigenvalue weighted by molar-refractivity contribution is 9.10. The molecule has 12 heavy (non-hydrogen) atoms. The van der Waals surface area contributed by atoms with Crippen molar-refractivity contribution in [2.75, 3.05) is 5.73 Å². The summed E-state index contributed by atoms with van der Waals surface area (Å²) in [5.74, 6) is 0.503. The van der Waals surface area contributed by atoms with Crippen LogP contribution in [0.1, 0.15) is 0 Å². The van der Waals surface area contributed by atoms with Gasteiger partial charge in [0.25, 0.3) is 0 Å². The lowest BCUT2D eigenvalue weighted by atomic mass is 10.3. The van der Waals surface area contributed by atoms with Crippen LogP contribution in [0.25, 0.3) is 10.6 Å². The van der Waals surface area contributed by atoms with Gasteiger partial charge < -0.3 is 5.73 Å². The summed E-state index contributed by atoms with van der Waals surface area (Å²) in [4.78, 5) is 1.04. The van der Waals surface area contributed by atoms with Gasteiger partial charge in [0.15, 0.2) is 5.82 Å². The number of aromatic nitrogens is 2. The van der Waals surface area contributed by atoms with Crippen LogP contribution in [0.2, 0.25) is 0 Å². The molecule has 0 fully saturated rings. The van der Waals surface area contributed by atoms with Crippen LogP contribution in [0.3, 0.4) is 0 Å². The van der Waals surface area contributed by atoms with Crippen molar-refractivity contribution in [1.29, 1.82) is 0 Å². The first-order chi connectivity index (χ1) is 5.79. The fourth-order valence-electron chi connectivity index (χ4n) is 0.816. The predicted octanol–water partition coefficient (Wildman–Crippen LogP) is 2.61. The van der Waals surface area contributed by atoms with Gasteiger partial charge in [0.1, 0.15) is 5.69 Å². The van der Waals surface area contributed by atoms with E-state index in [1.165, 1.54) is 0 Å². The first kappa shape index (κ1) is 8.15. The van der Waals surface area contributed by atoms with Crippen molar-refractivity contribution >= 4 is 44.8 Å². The molecule has 0 amide bonds. The number of nitrogen functional groups attached to an aromatic ring is 1. The number of hydrogen-bond acceptors (Lipinski definition) is 5. The monoisotopic (exact) mass is 261 g/mol. The summed E-state index contributed by atoms with van der Waals surface area (Å²) in [6, 6.07) is 1.97. The summed E-state index contributed by atoms with van der Waals surface area (Å²) in [6.45, 7) is 0. The van der Waals surface area contributed by atoms with E-state index in [0.717, 1.165) is 26.8 Å². The molecule has 2 heterocycles. The minimum Gasteiger partial charge on any atom is -0.381 e. The fourth-order valence-corrected chi connectivity index (χ4v) is 2.91. The van der Waals surface area contributed by atoms with Crippen molar-refractivity contribution in [3.05, 3.63) is 15.9 Å². The van der Waals surface area contributed by atoms with E-state index in [1.54, 1.807) is 11.3 Å². The van der Waals surface area contributed by atoms with Crippen LogP contribution in [0, 0.1) is 0 Å². The summed E-state index contributed by atoms with van der Waals surface area (Å²) in [5, 5.41) is 1.98. The van der Waals surface area contributed by atoms with Gasteiger partial charge in [0.2, 0.25) is 0 Å². The Labute approximate surface area is 85.7 Å². The average Bonchev–Trinajstić information content (AvgIpc) is 2.59. The van der Waals surface area contributed by atoms with Crippen LogP contribution in [-0.2, 0) is 0 Å². The summed E-state index contributed by atoms with van der Waals surface area (Å²) in [7, 11) is 0. The zero-order chi connectivity index (χ0) is 8.55. The van der Waals surface area contributed by atoms with Crippen LogP contribution >= 0.6 is 39.0 Å². The molecular weight excluding hydrogens is 258 g/mol. The minimum atomic E-state index is 0.503. The molecule has 6 heteroatoms. The van der Waals surface area contributed by atoms with E-state index in [9.17, 15) is 0 Å². The Morgan fingerprint density at radius 2 is 2.25 bits per heavy atom. The standard InChI is InChI=1S/C6H4BrN3S2/c7-3-1-2-11-5(3)4-6(8)10-12-9-4/h1-2H,(H2,8,10). The fraction of sp³-hybridized carbons (Fsp3) is 0. The van der Waals surface area contributed by atoms with Gasteiger partial charge in [0, 0.05) is 4.47 Å². The second-order valence-corrected chi connectivity index (χ2v) is 4.39. The third-order valence-electron chi connectivity index (χ3n) is 1.35. The molecule has 0 atom stereocenters. The largest absolute Gasteiger partial charge is 0.381 e. The van der Waals surface area contributed by atoms with Gasteiger partial charge in [-0.15, -0.1) is 11.3 Å². The molecule has 62 valence electrons. The third-order valence-corrected chi connectivity index (χ3v) is 3.73. The molecule has 2 N–H and O–H groups in total. The Bertz CT molecular complexity index is 357. The molecule has 0 aromatic carbocycles. The van der Waals surface area contributed by atoms with E-state index in [4.69, 9.17) is 5.73 Å². The van der Waals surface area contributed by atoms with Gasteiger partial charge in [0.05, 0.1) is 16.6 Å². The summed E-state index contributed by atoms with van der Waals surface area (Å²) >= 11 is 6.15. The molecule has 2 aromatic rings. The summed E-state index contributed by atoms with van der Waals surface area (Å²) in [5.41, 5.74) is 6.40. The van der Waals surface area contributed by atoms with E-state index >= 15 is 0 Å². The number of hydrogen-bond donors (Lipinski definition) is 1. The van der Waals surface area contributed by atoms with Crippen molar-refractivity contribution in [2.24, 2.45) is 0 Å². The van der Waals surface area contributed by atoms with Crippen molar-refractivity contribution < 1.29 is 0 Å². The maximum absolute atomic E-state index is 5.62. The number of halogens is 1. The molecular formula is C6H4BrN3S2. The Hall–Kier alpha value is -0.460. The van der Waals surface area contributed by atoms with Crippen molar-refractivity contribution in [2.45, 2.75) is 0 Å². The minimum absolute atomic E-state index is 0.503. The lowest BCUT2D eigenvalue weighted by molar-refractivity contribution is 1.52. The first-order valence-corrected chi connectivity index (χ1v) is 5.50.